The molecule has 208 valence electrons. The van der Waals surface area contributed by atoms with Gasteiger partial charge in [-0.05, 0) is 61.2 Å². The number of benzene rings is 3. The summed E-state index contributed by atoms with van der Waals surface area (Å²) in [4.78, 5) is 28.7. The molecule has 39 heavy (non-hydrogen) atoms. The van der Waals surface area contributed by atoms with Gasteiger partial charge in [0.15, 0.2) is 0 Å². The summed E-state index contributed by atoms with van der Waals surface area (Å²) in [6.45, 7) is 5.75. The molecular formula is C30H37N3O5S. The zero-order valence-corrected chi connectivity index (χ0v) is 23.8. The fraction of sp³-hybridized carbons (Fsp3) is 0.333. The predicted molar refractivity (Wildman–Crippen MR) is 153 cm³/mol. The average molecular weight is 552 g/mol. The molecule has 0 unspecified atom stereocenters. The van der Waals surface area contributed by atoms with Crippen LogP contribution < -0.4 is 14.4 Å². The number of rotatable bonds is 13. The Kier molecular flexibility index (Phi) is 10.5. The number of hydrogen-bond donors (Lipinski definition) is 1. The molecule has 0 aliphatic carbocycles. The van der Waals surface area contributed by atoms with Crippen LogP contribution in [0.3, 0.4) is 0 Å². The predicted octanol–water partition coefficient (Wildman–Crippen LogP) is 4.53. The third kappa shape index (κ3) is 7.38. The first kappa shape index (κ1) is 29.7. The second kappa shape index (κ2) is 13.8. The summed E-state index contributed by atoms with van der Waals surface area (Å²) in [5.41, 5.74) is 1.90. The molecule has 0 aliphatic heterocycles. The number of nitrogens with zero attached hydrogens (tertiary/aromatic N) is 2. The van der Waals surface area contributed by atoms with E-state index in [9.17, 15) is 18.0 Å². The molecule has 8 nitrogen and oxygen atoms in total. The first-order valence-electron chi connectivity index (χ1n) is 13.1. The minimum Gasteiger partial charge on any atom is -0.497 e. The number of hydrogen-bond acceptors (Lipinski definition) is 5. The summed E-state index contributed by atoms with van der Waals surface area (Å²) >= 11 is 0. The summed E-state index contributed by atoms with van der Waals surface area (Å²) in [5, 5.41) is 2.89. The van der Waals surface area contributed by atoms with Crippen molar-refractivity contribution in [2.75, 3.05) is 24.5 Å². The number of anilines is 1. The summed E-state index contributed by atoms with van der Waals surface area (Å²) in [6.07, 6.45) is 1.12. The maximum atomic E-state index is 14.0. The van der Waals surface area contributed by atoms with Crippen molar-refractivity contribution in [3.05, 3.63) is 90.0 Å². The molecule has 1 atom stereocenters. The van der Waals surface area contributed by atoms with E-state index < -0.39 is 28.5 Å². The largest absolute Gasteiger partial charge is 0.497 e. The highest BCUT2D eigenvalue weighted by Gasteiger charge is 2.34. The first-order chi connectivity index (χ1) is 18.7. The maximum Gasteiger partial charge on any atom is 0.264 e. The summed E-state index contributed by atoms with van der Waals surface area (Å²) in [7, 11) is -2.51. The lowest BCUT2D eigenvalue weighted by Gasteiger charge is -2.33. The molecule has 0 saturated heterocycles. The monoisotopic (exact) mass is 551 g/mol. The van der Waals surface area contributed by atoms with Crippen LogP contribution in [0.1, 0.15) is 37.8 Å². The normalized spacial score (nSPS) is 11.9. The highest BCUT2D eigenvalue weighted by molar-refractivity contribution is 7.92. The molecule has 0 fully saturated rings. The Bertz CT molecular complexity index is 1340. The van der Waals surface area contributed by atoms with E-state index in [2.05, 4.69) is 5.32 Å². The van der Waals surface area contributed by atoms with Gasteiger partial charge in [0.2, 0.25) is 11.8 Å². The van der Waals surface area contributed by atoms with Crippen molar-refractivity contribution in [3.8, 4) is 5.75 Å². The molecule has 0 saturated carbocycles. The molecule has 0 aromatic heterocycles. The molecular weight excluding hydrogens is 514 g/mol. The van der Waals surface area contributed by atoms with Crippen molar-refractivity contribution in [2.24, 2.45) is 0 Å². The molecule has 0 aliphatic rings. The minimum atomic E-state index is -4.09. The number of carbonyl (C=O) groups excluding carboxylic acids is 2. The van der Waals surface area contributed by atoms with Crippen LogP contribution in [0.4, 0.5) is 5.69 Å². The van der Waals surface area contributed by atoms with E-state index in [1.165, 1.54) is 17.0 Å². The second-order valence-corrected chi connectivity index (χ2v) is 11.1. The van der Waals surface area contributed by atoms with Gasteiger partial charge in [0, 0.05) is 13.1 Å². The Morgan fingerprint density at radius 2 is 1.56 bits per heavy atom. The van der Waals surface area contributed by atoms with Crippen LogP contribution >= 0.6 is 0 Å². The van der Waals surface area contributed by atoms with Crippen LogP contribution in [0.15, 0.2) is 83.8 Å². The van der Waals surface area contributed by atoms with Crippen LogP contribution in [0.2, 0.25) is 0 Å². The van der Waals surface area contributed by atoms with Gasteiger partial charge in [-0.2, -0.15) is 0 Å². The highest BCUT2D eigenvalue weighted by atomic mass is 32.2. The lowest BCUT2D eigenvalue weighted by Crippen LogP contribution is -2.52. The van der Waals surface area contributed by atoms with Crippen LogP contribution in [0.25, 0.3) is 0 Å². The lowest BCUT2D eigenvalue weighted by molar-refractivity contribution is -0.140. The molecule has 3 aromatic carbocycles. The fourth-order valence-electron chi connectivity index (χ4n) is 4.29. The molecule has 9 heteroatoms. The minimum absolute atomic E-state index is 0.0792. The van der Waals surface area contributed by atoms with Gasteiger partial charge >= 0.3 is 0 Å². The number of para-hydroxylation sites is 1. The maximum absolute atomic E-state index is 14.0. The van der Waals surface area contributed by atoms with Crippen molar-refractivity contribution in [1.82, 2.24) is 10.2 Å². The smallest absolute Gasteiger partial charge is 0.264 e. The number of amides is 2. The Morgan fingerprint density at radius 1 is 0.923 bits per heavy atom. The zero-order valence-electron chi connectivity index (χ0n) is 23.0. The molecule has 0 radical (unpaired) electrons. The Morgan fingerprint density at radius 3 is 2.15 bits per heavy atom. The van der Waals surface area contributed by atoms with Crippen molar-refractivity contribution in [3.63, 3.8) is 0 Å². The third-order valence-corrected chi connectivity index (χ3v) is 8.22. The van der Waals surface area contributed by atoms with Crippen LogP contribution in [-0.4, -0.2) is 51.4 Å². The van der Waals surface area contributed by atoms with Crippen LogP contribution in [0.5, 0.6) is 5.75 Å². The van der Waals surface area contributed by atoms with Gasteiger partial charge < -0.3 is 15.0 Å². The van der Waals surface area contributed by atoms with Crippen LogP contribution in [0, 0.1) is 6.92 Å². The first-order valence-corrected chi connectivity index (χ1v) is 14.5. The van der Waals surface area contributed by atoms with E-state index in [1.807, 2.05) is 32.0 Å². The van der Waals surface area contributed by atoms with E-state index in [-0.39, 0.29) is 17.3 Å². The van der Waals surface area contributed by atoms with Gasteiger partial charge in [-0.3, -0.25) is 13.9 Å². The molecule has 1 N–H and O–H groups in total. The van der Waals surface area contributed by atoms with Gasteiger partial charge in [0.25, 0.3) is 10.0 Å². The summed E-state index contributed by atoms with van der Waals surface area (Å²) < 4.78 is 34.1. The van der Waals surface area contributed by atoms with E-state index in [0.29, 0.717) is 30.0 Å². The van der Waals surface area contributed by atoms with E-state index in [4.69, 9.17) is 4.74 Å². The molecule has 2 amide bonds. The molecule has 0 spiro atoms. The Hall–Kier alpha value is -3.85. The third-order valence-electron chi connectivity index (χ3n) is 6.44. The number of carbonyl (C=O) groups is 2. The molecule has 3 rings (SSSR count). The van der Waals surface area contributed by atoms with E-state index in [1.54, 1.807) is 62.6 Å². The highest BCUT2D eigenvalue weighted by Crippen LogP contribution is 2.27. The number of sulfonamides is 1. The number of methoxy groups -OCH3 is 1. The lowest BCUT2D eigenvalue weighted by atomic mass is 10.1. The van der Waals surface area contributed by atoms with Gasteiger partial charge in [-0.1, -0.05) is 62.4 Å². The fourth-order valence-corrected chi connectivity index (χ4v) is 5.79. The van der Waals surface area contributed by atoms with E-state index >= 15 is 0 Å². The SMILES string of the molecule is CCCNC(=O)[C@H](CC)N(Cc1ccc(OC)cc1)C(=O)CN(c1ccccc1C)S(=O)(=O)c1ccccc1. The van der Waals surface area contributed by atoms with Crippen molar-refractivity contribution in [2.45, 2.75) is 51.1 Å². The number of aryl methyl sites for hydroxylation is 1. The van der Waals surface area contributed by atoms with Crippen molar-refractivity contribution in [1.29, 1.82) is 0 Å². The number of nitrogens with one attached hydrogen (secondary N) is 1. The Balaban J connectivity index is 2.04. The number of ether oxygens (including phenoxy) is 1. The van der Waals surface area contributed by atoms with Crippen molar-refractivity contribution >= 4 is 27.5 Å². The quantitative estimate of drug-likeness (QED) is 0.337. The summed E-state index contributed by atoms with van der Waals surface area (Å²) in [6, 6.07) is 21.5. The molecule has 0 heterocycles. The van der Waals surface area contributed by atoms with Gasteiger partial charge in [-0.25, -0.2) is 8.42 Å². The topological polar surface area (TPSA) is 96.0 Å². The van der Waals surface area contributed by atoms with Gasteiger partial charge in [-0.15, -0.1) is 0 Å². The molecule has 0 bridgehead atoms. The molecule has 3 aromatic rings. The zero-order chi connectivity index (χ0) is 28.4. The van der Waals surface area contributed by atoms with Crippen molar-refractivity contribution < 1.29 is 22.7 Å². The Labute approximate surface area is 231 Å². The van der Waals surface area contributed by atoms with Gasteiger partial charge in [0.05, 0.1) is 17.7 Å². The standard InChI is InChI=1S/C30H37N3O5S/c1-5-20-31-30(35)27(6-2)32(21-24-16-18-25(38-4)19-17-24)29(34)22-33(28-15-11-10-12-23(28)3)39(36,37)26-13-8-7-9-14-26/h7-19,27H,5-6,20-22H2,1-4H3,(H,31,35)/t27-/m0/s1. The summed E-state index contributed by atoms with van der Waals surface area (Å²) in [5.74, 6) is -0.0781. The van der Waals surface area contributed by atoms with Gasteiger partial charge in [0.1, 0.15) is 18.3 Å². The van der Waals surface area contributed by atoms with E-state index in [0.717, 1.165) is 16.3 Å². The van der Waals surface area contributed by atoms with Crippen LogP contribution in [-0.2, 0) is 26.2 Å². The second-order valence-electron chi connectivity index (χ2n) is 9.20. The average Bonchev–Trinajstić information content (AvgIpc) is 2.95.